The second kappa shape index (κ2) is 11.0. The Hall–Kier alpha value is -6.00. The largest absolute Gasteiger partial charge is 0.234 e. The van der Waals surface area contributed by atoms with E-state index in [4.69, 9.17) is 9.97 Å². The van der Waals surface area contributed by atoms with Crippen molar-refractivity contribution in [1.82, 2.24) is 19.9 Å². The van der Waals surface area contributed by atoms with Crippen molar-refractivity contribution in [3.8, 4) is 56.4 Å². The van der Waals surface area contributed by atoms with Crippen LogP contribution in [0.5, 0.6) is 0 Å². The molecule has 0 aliphatic carbocycles. The summed E-state index contributed by atoms with van der Waals surface area (Å²) in [5, 5.41) is 4.67. The van der Waals surface area contributed by atoms with Crippen LogP contribution in [0.2, 0.25) is 0 Å². The van der Waals surface area contributed by atoms with E-state index < -0.39 is 0 Å². The molecule has 0 spiro atoms. The summed E-state index contributed by atoms with van der Waals surface area (Å²) in [5.74, 6) is 0.995. The van der Waals surface area contributed by atoms with Crippen molar-refractivity contribution in [1.29, 1.82) is 0 Å². The molecule has 6 aromatic carbocycles. The van der Waals surface area contributed by atoms with Crippen molar-refractivity contribution in [2.45, 2.75) is 0 Å². The van der Waals surface area contributed by atoms with Crippen LogP contribution in [0, 0.1) is 0 Å². The molecule has 4 nitrogen and oxygen atoms in total. The quantitative estimate of drug-likeness (QED) is 0.209. The number of hydrogen-bond donors (Lipinski definition) is 0. The molecule has 2 heterocycles. The Labute approximate surface area is 255 Å². The van der Waals surface area contributed by atoms with Crippen molar-refractivity contribution in [3.63, 3.8) is 0 Å². The molecule has 2 aromatic heterocycles. The zero-order valence-electron chi connectivity index (χ0n) is 23.8. The van der Waals surface area contributed by atoms with Gasteiger partial charge in [-0.05, 0) is 80.2 Å². The van der Waals surface area contributed by atoms with Crippen LogP contribution in [0.3, 0.4) is 0 Å². The number of hydrogen-bond acceptors (Lipinski definition) is 4. The molecular formula is C40H26N4. The van der Waals surface area contributed by atoms with Crippen LogP contribution in [-0.4, -0.2) is 19.9 Å². The third-order valence-electron chi connectivity index (χ3n) is 7.98. The van der Waals surface area contributed by atoms with E-state index in [1.54, 1.807) is 18.5 Å². The van der Waals surface area contributed by atoms with Crippen LogP contribution in [0.15, 0.2) is 158 Å². The fraction of sp³-hybridized carbons (Fsp3) is 0. The van der Waals surface area contributed by atoms with Gasteiger partial charge in [-0.3, -0.25) is 0 Å². The van der Waals surface area contributed by atoms with E-state index in [0.717, 1.165) is 33.3 Å². The molecule has 8 rings (SSSR count). The lowest BCUT2D eigenvalue weighted by Crippen LogP contribution is -1.98. The van der Waals surface area contributed by atoms with E-state index in [2.05, 4.69) is 137 Å². The van der Waals surface area contributed by atoms with Crippen LogP contribution in [0.4, 0.5) is 0 Å². The van der Waals surface area contributed by atoms with Gasteiger partial charge in [0.15, 0.2) is 11.6 Å². The Bertz CT molecular complexity index is 2120. The first-order chi connectivity index (χ1) is 21.8. The van der Waals surface area contributed by atoms with Crippen LogP contribution in [0.1, 0.15) is 0 Å². The first-order valence-corrected chi connectivity index (χ1v) is 14.6. The van der Waals surface area contributed by atoms with Crippen molar-refractivity contribution in [3.05, 3.63) is 158 Å². The van der Waals surface area contributed by atoms with Gasteiger partial charge in [-0.1, -0.05) is 109 Å². The Kier molecular flexibility index (Phi) is 6.43. The highest BCUT2D eigenvalue weighted by atomic mass is 15.0. The molecule has 4 heteroatoms. The molecule has 0 saturated carbocycles. The van der Waals surface area contributed by atoms with Gasteiger partial charge in [0.25, 0.3) is 0 Å². The van der Waals surface area contributed by atoms with Gasteiger partial charge in [0, 0.05) is 23.5 Å². The molecular weight excluding hydrogens is 536 g/mol. The monoisotopic (exact) mass is 562 g/mol. The lowest BCUT2D eigenvalue weighted by molar-refractivity contribution is 1.08. The second-order valence-corrected chi connectivity index (χ2v) is 10.8. The molecule has 0 bridgehead atoms. The average molecular weight is 563 g/mol. The minimum Gasteiger partial charge on any atom is -0.234 e. The molecule has 0 fully saturated rings. The summed E-state index contributed by atoms with van der Waals surface area (Å²) in [6.07, 6.45) is 3.44. The minimum absolute atomic E-state index is 0.497. The molecule has 0 atom stereocenters. The Morgan fingerprint density at radius 3 is 1.16 bits per heavy atom. The highest BCUT2D eigenvalue weighted by Crippen LogP contribution is 2.32. The Balaban J connectivity index is 1.22. The number of benzene rings is 6. The van der Waals surface area contributed by atoms with Crippen molar-refractivity contribution in [2.75, 3.05) is 0 Å². The number of rotatable bonds is 5. The highest BCUT2D eigenvalue weighted by Gasteiger charge is 2.13. The third-order valence-corrected chi connectivity index (χ3v) is 7.98. The van der Waals surface area contributed by atoms with E-state index in [-0.39, 0.29) is 0 Å². The SMILES string of the molecule is c1ccc(-c2ccc3cc(-c4cc(-c5ccc6cc(-c7ccccc7)ccc6c5)nc(-c5ncccn5)n4)ccc3c2)cc1. The smallest absolute Gasteiger partial charge is 0.198 e. The summed E-state index contributed by atoms with van der Waals surface area (Å²) in [5.41, 5.74) is 8.49. The molecule has 206 valence electrons. The summed E-state index contributed by atoms with van der Waals surface area (Å²) >= 11 is 0. The van der Waals surface area contributed by atoms with Gasteiger partial charge in [-0.15, -0.1) is 0 Å². The predicted octanol–water partition coefficient (Wildman–Crippen LogP) is 9.91. The summed E-state index contributed by atoms with van der Waals surface area (Å²) in [4.78, 5) is 18.8. The number of fused-ring (bicyclic) bond motifs is 2. The van der Waals surface area contributed by atoms with Crippen LogP contribution >= 0.6 is 0 Å². The molecule has 0 radical (unpaired) electrons. The minimum atomic E-state index is 0.497. The zero-order valence-corrected chi connectivity index (χ0v) is 23.8. The van der Waals surface area contributed by atoms with Crippen molar-refractivity contribution < 1.29 is 0 Å². The van der Waals surface area contributed by atoms with E-state index in [9.17, 15) is 0 Å². The summed E-state index contributed by atoms with van der Waals surface area (Å²) < 4.78 is 0. The fourth-order valence-corrected chi connectivity index (χ4v) is 5.69. The van der Waals surface area contributed by atoms with Gasteiger partial charge in [-0.2, -0.15) is 0 Å². The molecule has 0 aliphatic heterocycles. The van der Waals surface area contributed by atoms with Crippen LogP contribution in [0.25, 0.3) is 78.0 Å². The molecule has 8 aromatic rings. The van der Waals surface area contributed by atoms with Gasteiger partial charge in [0.2, 0.25) is 0 Å². The number of aromatic nitrogens is 4. The number of nitrogens with zero attached hydrogens (tertiary/aromatic N) is 4. The van der Waals surface area contributed by atoms with Gasteiger partial charge < -0.3 is 0 Å². The van der Waals surface area contributed by atoms with Gasteiger partial charge in [0.05, 0.1) is 11.4 Å². The van der Waals surface area contributed by atoms with Gasteiger partial charge in [0.1, 0.15) is 0 Å². The average Bonchev–Trinajstić information content (AvgIpc) is 3.11. The Morgan fingerprint density at radius 1 is 0.295 bits per heavy atom. The van der Waals surface area contributed by atoms with E-state index in [0.29, 0.717) is 11.6 Å². The maximum atomic E-state index is 4.94. The molecule has 0 amide bonds. The van der Waals surface area contributed by atoms with E-state index in [1.165, 1.54) is 33.0 Å². The molecule has 44 heavy (non-hydrogen) atoms. The van der Waals surface area contributed by atoms with E-state index >= 15 is 0 Å². The van der Waals surface area contributed by atoms with Crippen LogP contribution < -0.4 is 0 Å². The lowest BCUT2D eigenvalue weighted by atomic mass is 9.98. The summed E-state index contributed by atoms with van der Waals surface area (Å²) in [6, 6.07) is 50.9. The van der Waals surface area contributed by atoms with E-state index in [1.807, 2.05) is 12.1 Å². The maximum Gasteiger partial charge on any atom is 0.198 e. The first-order valence-electron chi connectivity index (χ1n) is 14.6. The molecule has 0 saturated heterocycles. The zero-order chi connectivity index (χ0) is 29.3. The molecule has 0 N–H and O–H groups in total. The first kappa shape index (κ1) is 25.7. The van der Waals surface area contributed by atoms with Crippen molar-refractivity contribution in [2.24, 2.45) is 0 Å². The predicted molar refractivity (Wildman–Crippen MR) is 180 cm³/mol. The normalized spacial score (nSPS) is 11.2. The lowest BCUT2D eigenvalue weighted by Gasteiger charge is -2.11. The standard InChI is InChI=1S/C40H26N4/c1-3-8-27(9-4-1)29-12-14-33-24-35(18-16-31(33)22-29)37-26-38(44-40(43-37)39-41-20-7-21-42-39)36-19-17-32-23-30(13-15-34(32)25-36)28-10-5-2-6-11-28/h1-26H. The third kappa shape index (κ3) is 4.99. The van der Waals surface area contributed by atoms with Crippen molar-refractivity contribution >= 4 is 21.5 Å². The summed E-state index contributed by atoms with van der Waals surface area (Å²) in [6.45, 7) is 0. The molecule has 0 aliphatic rings. The summed E-state index contributed by atoms with van der Waals surface area (Å²) in [7, 11) is 0. The Morgan fingerprint density at radius 2 is 0.705 bits per heavy atom. The van der Waals surface area contributed by atoms with Gasteiger partial charge >= 0.3 is 0 Å². The van der Waals surface area contributed by atoms with Gasteiger partial charge in [-0.25, -0.2) is 19.9 Å². The fourth-order valence-electron chi connectivity index (χ4n) is 5.69. The highest BCUT2D eigenvalue weighted by molar-refractivity contribution is 5.92. The topological polar surface area (TPSA) is 51.6 Å². The second-order valence-electron chi connectivity index (χ2n) is 10.8. The maximum absolute atomic E-state index is 4.94. The molecule has 0 unspecified atom stereocenters. The van der Waals surface area contributed by atoms with Crippen LogP contribution in [-0.2, 0) is 0 Å².